The van der Waals surface area contributed by atoms with Crippen LogP contribution in [0.15, 0.2) is 42.5 Å². The molecule has 1 aliphatic rings. The van der Waals surface area contributed by atoms with Crippen LogP contribution >= 0.6 is 0 Å². The molecule has 2 aromatic carbocycles. The summed E-state index contributed by atoms with van der Waals surface area (Å²) in [4.78, 5) is 4.93. The number of hydrogen-bond acceptors (Lipinski definition) is 2. The molecule has 1 aliphatic heterocycles. The summed E-state index contributed by atoms with van der Waals surface area (Å²) in [6, 6.07) is 15.2. The summed E-state index contributed by atoms with van der Waals surface area (Å²) in [5.41, 5.74) is 1.36. The van der Waals surface area contributed by atoms with E-state index in [9.17, 15) is 0 Å². The number of piperazine rings is 1. The number of nitrogens with zero attached hydrogens (tertiary/aromatic N) is 2. The summed E-state index contributed by atoms with van der Waals surface area (Å²) < 4.78 is 0. The monoisotopic (exact) mass is 253 g/mol. The molecule has 99 valence electrons. The summed E-state index contributed by atoms with van der Waals surface area (Å²) in [5, 5.41) is 2.69. The SMILES string of the molecule is CN1CCN(C[CH]c2cccc3ccccc23)CC1. The maximum atomic E-state index is 2.53. The van der Waals surface area contributed by atoms with Crippen molar-refractivity contribution in [2.24, 2.45) is 0 Å². The van der Waals surface area contributed by atoms with Crippen LogP contribution < -0.4 is 0 Å². The molecule has 1 saturated heterocycles. The van der Waals surface area contributed by atoms with E-state index in [1.807, 2.05) is 0 Å². The fourth-order valence-electron chi connectivity index (χ4n) is 2.69. The fraction of sp³-hybridized carbons (Fsp3) is 0.353. The molecule has 2 aromatic rings. The normalized spacial score (nSPS) is 17.9. The van der Waals surface area contributed by atoms with Crippen molar-refractivity contribution in [3.05, 3.63) is 54.4 Å². The Morgan fingerprint density at radius 1 is 0.947 bits per heavy atom. The van der Waals surface area contributed by atoms with E-state index in [-0.39, 0.29) is 0 Å². The highest BCUT2D eigenvalue weighted by atomic mass is 15.2. The highest BCUT2D eigenvalue weighted by molar-refractivity contribution is 5.86. The second-order valence-electron chi connectivity index (χ2n) is 5.38. The van der Waals surface area contributed by atoms with Crippen molar-refractivity contribution >= 4 is 10.8 Å². The zero-order valence-corrected chi connectivity index (χ0v) is 11.5. The summed E-state index contributed by atoms with van der Waals surface area (Å²) in [6.45, 7) is 5.78. The number of benzene rings is 2. The molecular weight excluding hydrogens is 232 g/mol. The molecule has 2 heteroatoms. The predicted molar refractivity (Wildman–Crippen MR) is 81.3 cm³/mol. The van der Waals surface area contributed by atoms with Gasteiger partial charge < -0.3 is 9.80 Å². The minimum Gasteiger partial charge on any atom is -0.304 e. The van der Waals surface area contributed by atoms with E-state index in [4.69, 9.17) is 0 Å². The van der Waals surface area contributed by atoms with Crippen molar-refractivity contribution in [3.8, 4) is 0 Å². The molecule has 2 nitrogen and oxygen atoms in total. The fourth-order valence-corrected chi connectivity index (χ4v) is 2.69. The molecule has 0 spiro atoms. The Morgan fingerprint density at radius 3 is 2.53 bits per heavy atom. The number of likely N-dealkylation sites (N-methyl/N-ethyl adjacent to an activating group) is 1. The van der Waals surface area contributed by atoms with Gasteiger partial charge in [-0.05, 0) is 23.4 Å². The van der Waals surface area contributed by atoms with E-state index in [0.29, 0.717) is 0 Å². The van der Waals surface area contributed by atoms with Gasteiger partial charge in [0.15, 0.2) is 0 Å². The van der Waals surface area contributed by atoms with Crippen molar-refractivity contribution in [2.75, 3.05) is 39.8 Å². The molecule has 0 unspecified atom stereocenters. The van der Waals surface area contributed by atoms with Gasteiger partial charge in [0.2, 0.25) is 0 Å². The standard InChI is InChI=1S/C17H21N2/c1-18-11-13-19(14-12-18)10-9-16-7-4-6-15-5-2-3-8-17(15)16/h2-9H,10-14H2,1H3. The number of hydrogen-bond donors (Lipinski definition) is 0. The molecule has 0 N–H and O–H groups in total. The van der Waals surface area contributed by atoms with Crippen molar-refractivity contribution in [1.82, 2.24) is 9.80 Å². The smallest absolute Gasteiger partial charge is 0.0110 e. The molecule has 1 fully saturated rings. The minimum atomic E-state index is 1.06. The second kappa shape index (κ2) is 5.72. The molecular formula is C17H21N2. The highest BCUT2D eigenvalue weighted by Crippen LogP contribution is 2.20. The van der Waals surface area contributed by atoms with Crippen LogP contribution in [0.2, 0.25) is 0 Å². The lowest BCUT2D eigenvalue weighted by molar-refractivity contribution is 0.164. The molecule has 0 atom stereocenters. The zero-order valence-electron chi connectivity index (χ0n) is 11.5. The first-order valence-electron chi connectivity index (χ1n) is 7.05. The molecule has 0 aromatic heterocycles. The Morgan fingerprint density at radius 2 is 1.68 bits per heavy atom. The van der Waals surface area contributed by atoms with Gasteiger partial charge in [0.05, 0.1) is 0 Å². The van der Waals surface area contributed by atoms with Gasteiger partial charge in [-0.25, -0.2) is 0 Å². The lowest BCUT2D eigenvalue weighted by atomic mass is 10.0. The summed E-state index contributed by atoms with van der Waals surface area (Å²) in [6.07, 6.45) is 2.37. The molecule has 0 saturated carbocycles. The van der Waals surface area contributed by atoms with Crippen LogP contribution in [-0.4, -0.2) is 49.6 Å². The average molecular weight is 253 g/mol. The first-order chi connectivity index (χ1) is 9.33. The van der Waals surface area contributed by atoms with Crippen molar-refractivity contribution in [1.29, 1.82) is 0 Å². The predicted octanol–water partition coefficient (Wildman–Crippen LogP) is 2.64. The molecule has 1 heterocycles. The first-order valence-corrected chi connectivity index (χ1v) is 7.05. The van der Waals surface area contributed by atoms with Crippen LogP contribution in [0.5, 0.6) is 0 Å². The highest BCUT2D eigenvalue weighted by Gasteiger charge is 2.13. The quantitative estimate of drug-likeness (QED) is 0.829. The van der Waals surface area contributed by atoms with Gasteiger partial charge in [0, 0.05) is 39.1 Å². The summed E-state index contributed by atoms with van der Waals surface area (Å²) in [7, 11) is 2.20. The van der Waals surface area contributed by atoms with E-state index in [1.165, 1.54) is 42.5 Å². The Labute approximate surface area is 115 Å². The molecule has 1 radical (unpaired) electrons. The van der Waals surface area contributed by atoms with E-state index >= 15 is 0 Å². The van der Waals surface area contributed by atoms with Crippen LogP contribution in [0.3, 0.4) is 0 Å². The van der Waals surface area contributed by atoms with Crippen LogP contribution in [0.4, 0.5) is 0 Å². The molecule has 0 aliphatic carbocycles. The maximum Gasteiger partial charge on any atom is 0.0110 e. The van der Waals surface area contributed by atoms with Crippen LogP contribution in [0, 0.1) is 6.42 Å². The van der Waals surface area contributed by atoms with Crippen LogP contribution in [0.25, 0.3) is 10.8 Å². The van der Waals surface area contributed by atoms with Crippen LogP contribution in [0.1, 0.15) is 5.56 Å². The minimum absolute atomic E-state index is 1.06. The first kappa shape index (κ1) is 12.6. The van der Waals surface area contributed by atoms with Crippen molar-refractivity contribution in [2.45, 2.75) is 0 Å². The zero-order chi connectivity index (χ0) is 13.1. The third-order valence-corrected chi connectivity index (χ3v) is 3.99. The maximum absolute atomic E-state index is 2.53. The Balaban J connectivity index is 1.68. The van der Waals surface area contributed by atoms with Crippen LogP contribution in [-0.2, 0) is 0 Å². The van der Waals surface area contributed by atoms with Crippen molar-refractivity contribution in [3.63, 3.8) is 0 Å². The summed E-state index contributed by atoms with van der Waals surface area (Å²) in [5.74, 6) is 0. The molecule has 0 bridgehead atoms. The van der Waals surface area contributed by atoms with Gasteiger partial charge in [-0.2, -0.15) is 0 Å². The number of fused-ring (bicyclic) bond motifs is 1. The summed E-state index contributed by atoms with van der Waals surface area (Å²) >= 11 is 0. The Kier molecular flexibility index (Phi) is 3.81. The average Bonchev–Trinajstić information content (AvgIpc) is 2.47. The van der Waals surface area contributed by atoms with E-state index in [0.717, 1.165) is 6.54 Å². The number of rotatable bonds is 3. The third-order valence-electron chi connectivity index (χ3n) is 3.99. The van der Waals surface area contributed by atoms with Gasteiger partial charge in [-0.15, -0.1) is 0 Å². The van der Waals surface area contributed by atoms with Gasteiger partial charge in [0.1, 0.15) is 0 Å². The van der Waals surface area contributed by atoms with Gasteiger partial charge in [0.25, 0.3) is 0 Å². The van der Waals surface area contributed by atoms with E-state index < -0.39 is 0 Å². The van der Waals surface area contributed by atoms with E-state index in [2.05, 4.69) is 65.7 Å². The van der Waals surface area contributed by atoms with Gasteiger partial charge >= 0.3 is 0 Å². The molecule has 19 heavy (non-hydrogen) atoms. The molecule has 3 rings (SSSR count). The second-order valence-corrected chi connectivity index (χ2v) is 5.38. The van der Waals surface area contributed by atoms with Gasteiger partial charge in [-0.1, -0.05) is 42.5 Å². The van der Waals surface area contributed by atoms with Crippen molar-refractivity contribution < 1.29 is 0 Å². The van der Waals surface area contributed by atoms with Gasteiger partial charge in [-0.3, -0.25) is 0 Å². The van der Waals surface area contributed by atoms with E-state index in [1.54, 1.807) is 0 Å². The lowest BCUT2D eigenvalue weighted by Gasteiger charge is -2.32. The topological polar surface area (TPSA) is 6.48 Å². The Bertz CT molecular complexity index is 536. The Hall–Kier alpha value is -1.38. The molecule has 0 amide bonds. The lowest BCUT2D eigenvalue weighted by Crippen LogP contribution is -2.44. The largest absolute Gasteiger partial charge is 0.304 e. The third kappa shape index (κ3) is 2.96.